The van der Waals surface area contributed by atoms with Gasteiger partial charge in [0.05, 0.1) is 27.8 Å². The number of aryl methyl sites for hydroxylation is 1. The van der Waals surface area contributed by atoms with Crippen LogP contribution >= 0.6 is 0 Å². The van der Waals surface area contributed by atoms with Crippen molar-refractivity contribution < 1.29 is 21.2 Å². The Morgan fingerprint density at radius 1 is 0.486 bits per heavy atom. The fraction of sp³-hybridized carbons (Fsp3) is 0.209. The topological polar surface area (TPSA) is 35.2 Å². The van der Waals surface area contributed by atoms with E-state index in [1.807, 2.05) is 153 Å². The number of nitrogens with zero attached hydrogens (tertiary/aromatic N) is 4. The van der Waals surface area contributed by atoms with E-state index in [-0.39, 0.29) is 23.2 Å². The van der Waals surface area contributed by atoms with Gasteiger partial charge in [-0.15, -0.1) is 0 Å². The summed E-state index contributed by atoms with van der Waals surface area (Å²) in [4.78, 5) is 6.86. The van der Waals surface area contributed by atoms with Gasteiger partial charge in [0.25, 0.3) is 0 Å². The molecular formula is C67H62N4O. The fourth-order valence-electron chi connectivity index (χ4n) is 10.8. The van der Waals surface area contributed by atoms with Crippen LogP contribution in [-0.2, 0) is 22.9 Å². The summed E-state index contributed by atoms with van der Waals surface area (Å²) in [5, 5.41) is 7.05. The summed E-state index contributed by atoms with van der Waals surface area (Å²) < 4.78 is 118. The highest BCUT2D eigenvalue weighted by molar-refractivity contribution is 6.22. The quantitative estimate of drug-likeness (QED) is 0.172. The van der Waals surface area contributed by atoms with Crippen LogP contribution in [0.1, 0.15) is 101 Å². The van der Waals surface area contributed by atoms with Crippen molar-refractivity contribution in [2.24, 2.45) is 0 Å². The average molecular weight is 951 g/mol. The number of pyridine rings is 1. The van der Waals surface area contributed by atoms with E-state index in [2.05, 4.69) is 66.3 Å². The van der Waals surface area contributed by atoms with Gasteiger partial charge in [0.15, 0.2) is 0 Å². The van der Waals surface area contributed by atoms with Crippen LogP contribution in [0.15, 0.2) is 182 Å². The minimum atomic E-state index is -3.53. The van der Waals surface area contributed by atoms with Crippen molar-refractivity contribution in [2.45, 2.75) is 91.9 Å². The molecule has 1 aliphatic heterocycles. The fourth-order valence-corrected chi connectivity index (χ4v) is 10.8. The summed E-state index contributed by atoms with van der Waals surface area (Å²) in [6, 6.07) is 56.1. The first-order chi connectivity index (χ1) is 39.5. The molecule has 11 aromatic rings. The first-order valence-corrected chi connectivity index (χ1v) is 24.5. The van der Waals surface area contributed by atoms with Crippen LogP contribution in [0.25, 0.3) is 82.1 Å². The Hall–Kier alpha value is -7.89. The summed E-state index contributed by atoms with van der Waals surface area (Å²) in [7, 11) is 0. The number of para-hydroxylation sites is 2. The molecule has 72 heavy (non-hydrogen) atoms. The maximum absolute atomic E-state index is 9.17. The van der Waals surface area contributed by atoms with E-state index in [1.54, 1.807) is 6.07 Å². The van der Waals surface area contributed by atoms with Crippen molar-refractivity contribution in [2.75, 3.05) is 4.90 Å². The average Bonchev–Trinajstić information content (AvgIpc) is 0.940. The van der Waals surface area contributed by atoms with E-state index in [1.165, 1.54) is 12.1 Å². The Morgan fingerprint density at radius 3 is 1.78 bits per heavy atom. The highest BCUT2D eigenvalue weighted by Crippen LogP contribution is 2.47. The van der Waals surface area contributed by atoms with E-state index in [0.29, 0.717) is 50.6 Å². The molecule has 356 valence electrons. The van der Waals surface area contributed by atoms with Gasteiger partial charge in [0.1, 0.15) is 24.0 Å². The molecule has 0 saturated heterocycles. The Balaban J connectivity index is 1.13. The summed E-state index contributed by atoms with van der Waals surface area (Å²) in [6.07, 6.45) is 1.85. The van der Waals surface area contributed by atoms with Crippen LogP contribution in [-0.4, -0.2) is 14.1 Å². The summed E-state index contributed by atoms with van der Waals surface area (Å²) >= 11 is 0. The van der Waals surface area contributed by atoms with Gasteiger partial charge < -0.3 is 14.2 Å². The number of hydrogen-bond acceptors (Lipinski definition) is 3. The molecule has 3 aromatic heterocycles. The number of rotatable bonds is 5. The number of ether oxygens (including phenoxy) is 1. The largest absolute Gasteiger partial charge is 0.457 e. The molecule has 0 bridgehead atoms. The van der Waals surface area contributed by atoms with E-state index in [4.69, 9.17) is 22.1 Å². The minimum Gasteiger partial charge on any atom is -0.457 e. The predicted octanol–water partition coefficient (Wildman–Crippen LogP) is 18.5. The molecule has 8 aromatic carbocycles. The van der Waals surface area contributed by atoms with Crippen molar-refractivity contribution >= 4 is 76.5 Å². The molecule has 1 aliphatic rings. The van der Waals surface area contributed by atoms with Gasteiger partial charge in [-0.3, -0.25) is 4.57 Å². The van der Waals surface area contributed by atoms with Gasteiger partial charge in [-0.2, -0.15) is 0 Å². The molecular weight excluding hydrogens is 877 g/mol. The predicted molar refractivity (Wildman–Crippen MR) is 306 cm³/mol. The van der Waals surface area contributed by atoms with Crippen LogP contribution in [0.3, 0.4) is 0 Å². The Kier molecular flexibility index (Phi) is 7.76. The SMILES string of the molecule is [2H]C([2H])([2H])c1ccc2c3ccccc3c3ccccc3c3cccc(-c4cc(C(C)(C)C)cc(C(C([2H])([2H])[2H])(C([2H])([2H])[2H])C([2H])([2H])[2H])c4)c3n3c2c1N(c1cccc(Oc2ccc4c5ccccc5n(-c5cc(C(C)(C)C)ccn5)c4c2)c1)C3. The number of hydrogen-bond donors (Lipinski definition) is 0. The molecule has 0 unspecified atom stereocenters. The molecule has 0 atom stereocenters. The highest BCUT2D eigenvalue weighted by Gasteiger charge is 2.29. The van der Waals surface area contributed by atoms with Crippen LogP contribution in [0, 0.1) is 6.85 Å². The monoisotopic (exact) mass is 951 g/mol. The molecule has 0 aliphatic carbocycles. The third-order valence-electron chi connectivity index (χ3n) is 14.4. The lowest BCUT2D eigenvalue weighted by molar-refractivity contribution is 0.483. The zero-order chi connectivity index (χ0) is 59.8. The maximum Gasteiger partial charge on any atom is 0.137 e. The first-order valence-electron chi connectivity index (χ1n) is 30.5. The van der Waals surface area contributed by atoms with Gasteiger partial charge in [-0.05, 0) is 115 Å². The van der Waals surface area contributed by atoms with Crippen LogP contribution in [0.2, 0.25) is 0 Å². The van der Waals surface area contributed by atoms with E-state index < -0.39 is 38.2 Å². The van der Waals surface area contributed by atoms with Crippen molar-refractivity contribution in [1.82, 2.24) is 14.1 Å². The lowest BCUT2D eigenvalue weighted by atomic mass is 9.78. The first kappa shape index (κ1) is 33.7. The number of benzene rings is 8. The second kappa shape index (κ2) is 16.6. The molecule has 12 rings (SSSR count). The third kappa shape index (κ3) is 7.56. The molecule has 0 radical (unpaired) electrons. The highest BCUT2D eigenvalue weighted by atomic mass is 16.5. The van der Waals surface area contributed by atoms with Gasteiger partial charge >= 0.3 is 0 Å². The molecule has 0 saturated carbocycles. The zero-order valence-corrected chi connectivity index (χ0v) is 41.2. The van der Waals surface area contributed by atoms with Crippen molar-refractivity contribution in [3.63, 3.8) is 0 Å². The maximum atomic E-state index is 9.17. The normalized spacial score (nSPS) is 16.2. The Labute approximate surface area is 440 Å². The molecule has 4 heterocycles. The van der Waals surface area contributed by atoms with E-state index in [9.17, 15) is 4.11 Å². The van der Waals surface area contributed by atoms with Crippen molar-refractivity contribution in [3.05, 3.63) is 204 Å². The molecule has 0 spiro atoms. The standard InChI is InChI=1S/C67H62N4O/c1-42-29-31-58-54-24-14-12-22-52(54)51-21-11-13-23-53(51)57-27-18-26-50(43-35-45(66(5,6)7)37-46(36-43)67(8,9)10)63(57)70-41-69(62(42)64(58)70)47-19-17-20-48(39-47)72-49-30-32-56-55-25-15-16-28-59(55)71(60(56)40-49)61-38-44(33-34-68-61)65(2,3)4/h11-40H,41H2,1-10H3/i1D3,5D3,6D3,7D3. The smallest absolute Gasteiger partial charge is 0.137 e. The van der Waals surface area contributed by atoms with Gasteiger partial charge in [-0.25, -0.2) is 4.98 Å². The summed E-state index contributed by atoms with van der Waals surface area (Å²) in [5.74, 6) is 1.84. The number of aromatic nitrogens is 3. The molecule has 0 N–H and O–H groups in total. The zero-order valence-electron chi connectivity index (χ0n) is 53.2. The van der Waals surface area contributed by atoms with Gasteiger partial charge in [0, 0.05) is 67.6 Å². The second-order valence-electron chi connectivity index (χ2n) is 21.2. The molecule has 0 fully saturated rings. The van der Waals surface area contributed by atoms with Crippen molar-refractivity contribution in [3.8, 4) is 28.4 Å². The summed E-state index contributed by atoms with van der Waals surface area (Å²) in [5.41, 5.74) is 2.28. The van der Waals surface area contributed by atoms with E-state index in [0.717, 1.165) is 65.5 Å². The van der Waals surface area contributed by atoms with E-state index >= 15 is 0 Å². The number of fused-ring (bicyclic) bond motifs is 10. The second-order valence-corrected chi connectivity index (χ2v) is 21.2. The lowest BCUT2D eigenvalue weighted by Crippen LogP contribution is -2.17. The van der Waals surface area contributed by atoms with Gasteiger partial charge in [-0.1, -0.05) is 183 Å². The molecule has 0 amide bonds. The van der Waals surface area contributed by atoms with Gasteiger partial charge in [0.2, 0.25) is 0 Å². The third-order valence-corrected chi connectivity index (χ3v) is 14.4. The Bertz CT molecular complexity index is 4510. The lowest BCUT2D eigenvalue weighted by Gasteiger charge is -2.27. The van der Waals surface area contributed by atoms with Crippen LogP contribution < -0.4 is 9.64 Å². The minimum absolute atomic E-state index is 0.0511. The van der Waals surface area contributed by atoms with Crippen molar-refractivity contribution in [1.29, 1.82) is 0 Å². The van der Waals surface area contributed by atoms with Crippen LogP contribution in [0.4, 0.5) is 11.4 Å². The summed E-state index contributed by atoms with van der Waals surface area (Å²) in [6.45, 7) is -0.893. The Morgan fingerprint density at radius 2 is 1.08 bits per heavy atom. The molecule has 5 heteroatoms. The van der Waals surface area contributed by atoms with Crippen LogP contribution in [0.5, 0.6) is 11.5 Å². The number of anilines is 2. The molecule has 5 nitrogen and oxygen atoms in total.